The molecule has 1 aromatic carbocycles. The van der Waals surface area contributed by atoms with Gasteiger partial charge in [-0.1, -0.05) is 25.1 Å². The van der Waals surface area contributed by atoms with Gasteiger partial charge in [0.1, 0.15) is 5.75 Å². The molecule has 13 heavy (non-hydrogen) atoms. The predicted octanol–water partition coefficient (Wildman–Crippen LogP) is -0.491. The normalized spacial score (nSPS) is 8.69. The van der Waals surface area contributed by atoms with E-state index < -0.39 is 0 Å². The Morgan fingerprint density at radius 3 is 2.54 bits per heavy atom. The summed E-state index contributed by atoms with van der Waals surface area (Å²) in [6.45, 7) is 1.95. The van der Waals surface area contributed by atoms with Crippen molar-refractivity contribution < 1.29 is 40.5 Å². The number of carbonyl (C=O) groups is 1. The summed E-state index contributed by atoms with van der Waals surface area (Å²) < 4.78 is 5.02. The first-order valence-electron chi connectivity index (χ1n) is 4.08. The molecule has 1 aromatic rings. The van der Waals surface area contributed by atoms with Crippen LogP contribution in [0.1, 0.15) is 21.2 Å². The van der Waals surface area contributed by atoms with Crippen molar-refractivity contribution >= 4 is 5.97 Å². The molecule has 0 radical (unpaired) electrons. The Morgan fingerprint density at radius 2 is 2.00 bits per heavy atom. The average molecular weight is 188 g/mol. The zero-order valence-electron chi connectivity index (χ0n) is 9.12. The standard InChI is InChI=1S/C10H12O2.Na.H/c1-2-6-10(11)12-9-7-4-3-5-8-9;;/h3-5,7-8H,2,6H2,1H3;;/q;+1;-1. The molecule has 66 valence electrons. The molecule has 0 aromatic heterocycles. The number of esters is 1. The van der Waals surface area contributed by atoms with E-state index >= 15 is 0 Å². The number of benzene rings is 1. The van der Waals surface area contributed by atoms with Crippen LogP contribution in [0, 0.1) is 0 Å². The molecule has 0 bridgehead atoms. The first-order valence-corrected chi connectivity index (χ1v) is 4.08. The Morgan fingerprint density at radius 1 is 1.38 bits per heavy atom. The number of carbonyl (C=O) groups excluding carboxylic acids is 1. The van der Waals surface area contributed by atoms with Crippen molar-refractivity contribution in [2.75, 3.05) is 0 Å². The van der Waals surface area contributed by atoms with Crippen molar-refractivity contribution in [2.45, 2.75) is 19.8 Å². The van der Waals surface area contributed by atoms with E-state index in [-0.39, 0.29) is 37.0 Å². The first kappa shape index (κ1) is 12.7. The Labute approximate surface area is 102 Å². The first-order chi connectivity index (χ1) is 5.83. The maximum Gasteiger partial charge on any atom is 1.00 e. The summed E-state index contributed by atoms with van der Waals surface area (Å²) in [7, 11) is 0. The number of hydrogen-bond donors (Lipinski definition) is 0. The fourth-order valence-electron chi connectivity index (χ4n) is 0.875. The number of ether oxygens (including phenoxy) is 1. The molecule has 3 heteroatoms. The number of hydrogen-bond acceptors (Lipinski definition) is 2. The van der Waals surface area contributed by atoms with E-state index in [9.17, 15) is 4.79 Å². The van der Waals surface area contributed by atoms with Crippen LogP contribution < -0.4 is 34.3 Å². The summed E-state index contributed by atoms with van der Waals surface area (Å²) in [5, 5.41) is 0. The van der Waals surface area contributed by atoms with E-state index in [1.807, 2.05) is 25.1 Å². The SMILES string of the molecule is CCCC(=O)Oc1ccccc1.[H-].[Na+]. The molecule has 0 atom stereocenters. The van der Waals surface area contributed by atoms with Crippen LogP contribution in [0.5, 0.6) is 5.75 Å². The third-order valence-electron chi connectivity index (χ3n) is 1.43. The van der Waals surface area contributed by atoms with E-state index in [0.717, 1.165) is 6.42 Å². The molecule has 2 nitrogen and oxygen atoms in total. The minimum atomic E-state index is -0.163. The molecular formula is C10H13NaO2. The summed E-state index contributed by atoms with van der Waals surface area (Å²) in [5.74, 6) is 0.458. The molecule has 0 saturated heterocycles. The summed E-state index contributed by atoms with van der Waals surface area (Å²) in [6, 6.07) is 9.11. The van der Waals surface area contributed by atoms with Crippen molar-refractivity contribution in [3.05, 3.63) is 30.3 Å². The molecule has 0 aliphatic carbocycles. The van der Waals surface area contributed by atoms with Gasteiger partial charge in [-0.25, -0.2) is 0 Å². The van der Waals surface area contributed by atoms with Crippen LogP contribution in [0.3, 0.4) is 0 Å². The zero-order chi connectivity index (χ0) is 8.81. The molecule has 0 saturated carbocycles. The van der Waals surface area contributed by atoms with E-state index in [1.165, 1.54) is 0 Å². The molecule has 1 rings (SSSR count). The van der Waals surface area contributed by atoms with Gasteiger partial charge >= 0.3 is 35.5 Å². The van der Waals surface area contributed by atoms with Crippen LogP contribution in [-0.2, 0) is 4.79 Å². The maximum atomic E-state index is 11.0. The van der Waals surface area contributed by atoms with Crippen LogP contribution in [0.2, 0.25) is 0 Å². The van der Waals surface area contributed by atoms with Crippen LogP contribution in [0.4, 0.5) is 0 Å². The van der Waals surface area contributed by atoms with E-state index in [2.05, 4.69) is 0 Å². The Kier molecular flexibility index (Phi) is 6.96. The Hall–Kier alpha value is -0.310. The van der Waals surface area contributed by atoms with Crippen LogP contribution in [0.25, 0.3) is 0 Å². The van der Waals surface area contributed by atoms with Gasteiger partial charge in [0, 0.05) is 6.42 Å². The van der Waals surface area contributed by atoms with Gasteiger partial charge in [-0.05, 0) is 18.6 Å². The smallest absolute Gasteiger partial charge is 1.00 e. The fourth-order valence-corrected chi connectivity index (χ4v) is 0.875. The number of para-hydroxylation sites is 1. The predicted molar refractivity (Wildman–Crippen MR) is 48.1 cm³/mol. The third kappa shape index (κ3) is 5.09. The van der Waals surface area contributed by atoms with Crippen molar-refractivity contribution in [2.24, 2.45) is 0 Å². The van der Waals surface area contributed by atoms with Gasteiger partial charge in [-0.3, -0.25) is 4.79 Å². The molecule has 0 unspecified atom stereocenters. The van der Waals surface area contributed by atoms with Crippen LogP contribution in [-0.4, -0.2) is 5.97 Å². The molecular weight excluding hydrogens is 175 g/mol. The second-order valence-corrected chi connectivity index (χ2v) is 2.54. The van der Waals surface area contributed by atoms with Crippen LogP contribution in [0.15, 0.2) is 30.3 Å². The monoisotopic (exact) mass is 188 g/mol. The Balaban J connectivity index is 0. The van der Waals surface area contributed by atoms with Gasteiger partial charge in [-0.2, -0.15) is 0 Å². The topological polar surface area (TPSA) is 26.3 Å². The average Bonchev–Trinajstić information content (AvgIpc) is 2.06. The van der Waals surface area contributed by atoms with Crippen molar-refractivity contribution in [3.63, 3.8) is 0 Å². The van der Waals surface area contributed by atoms with Crippen molar-refractivity contribution in [3.8, 4) is 5.75 Å². The van der Waals surface area contributed by atoms with Crippen molar-refractivity contribution in [1.82, 2.24) is 0 Å². The molecule has 0 aliphatic heterocycles. The van der Waals surface area contributed by atoms with Gasteiger partial charge in [-0.15, -0.1) is 0 Å². The summed E-state index contributed by atoms with van der Waals surface area (Å²) in [5.41, 5.74) is 0. The summed E-state index contributed by atoms with van der Waals surface area (Å²) in [4.78, 5) is 11.0. The van der Waals surface area contributed by atoms with Gasteiger partial charge in [0.15, 0.2) is 0 Å². The van der Waals surface area contributed by atoms with Crippen molar-refractivity contribution in [1.29, 1.82) is 0 Å². The largest absolute Gasteiger partial charge is 1.00 e. The molecule has 0 aliphatic rings. The van der Waals surface area contributed by atoms with Gasteiger partial charge in [0.05, 0.1) is 0 Å². The fraction of sp³-hybridized carbons (Fsp3) is 0.300. The minimum Gasteiger partial charge on any atom is -1.00 e. The van der Waals surface area contributed by atoms with Crippen LogP contribution >= 0.6 is 0 Å². The maximum absolute atomic E-state index is 11.0. The molecule has 0 amide bonds. The van der Waals surface area contributed by atoms with E-state index in [0.29, 0.717) is 12.2 Å². The molecule has 0 N–H and O–H groups in total. The zero-order valence-corrected chi connectivity index (χ0v) is 10.1. The molecule has 0 fully saturated rings. The number of rotatable bonds is 3. The molecule has 0 spiro atoms. The quantitative estimate of drug-likeness (QED) is 0.363. The second kappa shape index (κ2) is 7.13. The van der Waals surface area contributed by atoms with E-state index in [1.54, 1.807) is 12.1 Å². The van der Waals surface area contributed by atoms with Gasteiger partial charge in [0.2, 0.25) is 0 Å². The second-order valence-electron chi connectivity index (χ2n) is 2.54. The summed E-state index contributed by atoms with van der Waals surface area (Å²) >= 11 is 0. The third-order valence-corrected chi connectivity index (χ3v) is 1.43. The molecule has 0 heterocycles. The summed E-state index contributed by atoms with van der Waals surface area (Å²) in [6.07, 6.45) is 1.31. The van der Waals surface area contributed by atoms with Gasteiger partial charge in [0.25, 0.3) is 0 Å². The van der Waals surface area contributed by atoms with E-state index in [4.69, 9.17) is 4.74 Å². The van der Waals surface area contributed by atoms with Gasteiger partial charge < -0.3 is 6.16 Å². The Bertz CT molecular complexity index is 252. The minimum absolute atomic E-state index is 0.